The number of aromatic nitrogens is 5. The van der Waals surface area contributed by atoms with Crippen LogP contribution in [0.1, 0.15) is 0 Å². The van der Waals surface area contributed by atoms with Crippen molar-refractivity contribution in [1.82, 2.24) is 29.5 Å². The van der Waals surface area contributed by atoms with E-state index in [0.29, 0.717) is 11.3 Å². The monoisotopic (exact) mass is 461 g/mol. The molecule has 0 unspecified atom stereocenters. The van der Waals surface area contributed by atoms with E-state index >= 15 is 0 Å². The second-order valence-electron chi connectivity index (χ2n) is 6.86. The van der Waals surface area contributed by atoms with Crippen LogP contribution in [0.4, 0.5) is 23.7 Å². The third-order valence-electron chi connectivity index (χ3n) is 4.65. The normalized spacial score (nSPS) is 11.7. The number of urea groups is 1. The fraction of sp³-hybridized carbons (Fsp3) is 0.200. The van der Waals surface area contributed by atoms with Gasteiger partial charge in [-0.2, -0.15) is 13.2 Å². The Bertz CT molecular complexity index is 1280. The van der Waals surface area contributed by atoms with Crippen LogP contribution < -0.4 is 10.6 Å². The number of nitrogens with one attached hydrogen (secondary N) is 2. The number of anilines is 1. The van der Waals surface area contributed by atoms with Gasteiger partial charge >= 0.3 is 12.2 Å². The molecule has 0 aliphatic carbocycles. The number of rotatable bonds is 5. The first-order valence-electron chi connectivity index (χ1n) is 9.38. The van der Waals surface area contributed by atoms with Gasteiger partial charge < -0.3 is 15.2 Å². The Morgan fingerprint density at radius 1 is 1.16 bits per heavy atom. The quantitative estimate of drug-likeness (QED) is 0.435. The summed E-state index contributed by atoms with van der Waals surface area (Å²) in [5, 5.41) is 13.4. The zero-order chi connectivity index (χ0) is 22.9. The molecule has 1 aromatic carbocycles. The van der Waals surface area contributed by atoms with Crippen molar-refractivity contribution in [1.29, 1.82) is 0 Å². The van der Waals surface area contributed by atoms with Crippen LogP contribution in [0.25, 0.3) is 28.3 Å². The molecule has 3 heterocycles. The third kappa shape index (κ3) is 4.54. The minimum absolute atomic E-state index is 0.359. The number of amides is 2. The van der Waals surface area contributed by atoms with Gasteiger partial charge in [-0.15, -0.1) is 10.2 Å². The molecule has 32 heavy (non-hydrogen) atoms. The van der Waals surface area contributed by atoms with E-state index in [2.05, 4.69) is 20.5 Å². The fourth-order valence-corrected chi connectivity index (χ4v) is 3.67. The van der Waals surface area contributed by atoms with Crippen LogP contribution in [0.3, 0.4) is 0 Å². The molecule has 0 aliphatic rings. The topological polar surface area (TPSA) is 89.1 Å². The van der Waals surface area contributed by atoms with E-state index in [1.165, 1.54) is 11.8 Å². The van der Waals surface area contributed by atoms with Gasteiger partial charge in [-0.25, -0.2) is 9.78 Å². The summed E-state index contributed by atoms with van der Waals surface area (Å²) in [6, 6.07) is 9.64. The minimum Gasteiger partial charge on any atom is -0.329 e. The molecule has 12 heteroatoms. The van der Waals surface area contributed by atoms with Crippen LogP contribution in [-0.4, -0.2) is 49.2 Å². The first kappa shape index (κ1) is 21.7. The molecule has 3 aromatic heterocycles. The van der Waals surface area contributed by atoms with E-state index in [1.54, 1.807) is 29.7 Å². The Kier molecular flexibility index (Phi) is 5.78. The number of hydrogen-bond donors (Lipinski definition) is 2. The Hall–Kier alpha value is -3.54. The number of carbonyl (C=O) groups excluding carboxylic acids is 1. The molecule has 166 valence electrons. The molecule has 0 bridgehead atoms. The largest absolute Gasteiger partial charge is 0.405 e. The summed E-state index contributed by atoms with van der Waals surface area (Å²) in [5.41, 5.74) is 3.41. The standard InChI is InChI=1S/C20H18F3N7OS/c1-29-17(27-28-19(29)32-2)13-6-7-30-15(10-24-16(30)9-13)12-4-3-5-14(8-12)26-18(31)25-11-20(21,22)23/h3-10H,11H2,1-2H3,(H2,25,26,31). The maximum atomic E-state index is 12.3. The molecule has 2 amide bonds. The summed E-state index contributed by atoms with van der Waals surface area (Å²) in [5.74, 6) is 0.720. The number of pyridine rings is 1. The Labute approximate surface area is 184 Å². The molecular formula is C20H18F3N7OS. The highest BCUT2D eigenvalue weighted by molar-refractivity contribution is 7.98. The number of fused-ring (bicyclic) bond motifs is 1. The number of halogens is 3. The molecule has 0 atom stereocenters. The number of thioether (sulfide) groups is 1. The molecule has 4 aromatic rings. The number of nitrogens with zero attached hydrogens (tertiary/aromatic N) is 5. The number of alkyl halides is 3. The van der Waals surface area contributed by atoms with Crippen LogP contribution in [0.2, 0.25) is 0 Å². The molecule has 4 rings (SSSR count). The van der Waals surface area contributed by atoms with Crippen molar-refractivity contribution in [2.45, 2.75) is 11.3 Å². The lowest BCUT2D eigenvalue weighted by atomic mass is 10.1. The Morgan fingerprint density at radius 2 is 1.97 bits per heavy atom. The molecule has 0 aliphatic heterocycles. The van der Waals surface area contributed by atoms with Gasteiger partial charge in [0, 0.05) is 30.1 Å². The minimum atomic E-state index is -4.48. The van der Waals surface area contributed by atoms with Crippen LogP contribution >= 0.6 is 11.8 Å². The average Bonchev–Trinajstić information content (AvgIpc) is 3.34. The zero-order valence-corrected chi connectivity index (χ0v) is 17.8. The summed E-state index contributed by atoms with van der Waals surface area (Å²) in [6.07, 6.45) is 1.000. The number of hydrogen-bond acceptors (Lipinski definition) is 5. The summed E-state index contributed by atoms with van der Waals surface area (Å²) in [6.45, 7) is -1.40. The van der Waals surface area contributed by atoms with Gasteiger partial charge in [-0.05, 0) is 30.5 Å². The van der Waals surface area contributed by atoms with Crippen molar-refractivity contribution in [2.75, 3.05) is 18.1 Å². The summed E-state index contributed by atoms with van der Waals surface area (Å²) in [4.78, 5) is 16.2. The van der Waals surface area contributed by atoms with Crippen LogP contribution in [-0.2, 0) is 7.05 Å². The predicted octanol–water partition coefficient (Wildman–Crippen LogP) is 4.20. The summed E-state index contributed by atoms with van der Waals surface area (Å²) in [7, 11) is 1.89. The maximum Gasteiger partial charge on any atom is 0.405 e. The average molecular weight is 461 g/mol. The first-order valence-corrected chi connectivity index (χ1v) is 10.6. The lowest BCUT2D eigenvalue weighted by Crippen LogP contribution is -2.36. The molecule has 0 fully saturated rings. The molecule has 8 nitrogen and oxygen atoms in total. The number of imidazole rings is 1. The molecule has 2 N–H and O–H groups in total. The van der Waals surface area contributed by atoms with Crippen molar-refractivity contribution in [3.63, 3.8) is 0 Å². The summed E-state index contributed by atoms with van der Waals surface area (Å²) >= 11 is 1.50. The molecule has 0 saturated carbocycles. The van der Waals surface area contributed by atoms with Gasteiger partial charge in [-0.1, -0.05) is 23.9 Å². The predicted molar refractivity (Wildman–Crippen MR) is 115 cm³/mol. The highest BCUT2D eigenvalue weighted by Crippen LogP contribution is 2.27. The molecular weight excluding hydrogens is 443 g/mol. The highest BCUT2D eigenvalue weighted by atomic mass is 32.2. The van der Waals surface area contributed by atoms with E-state index in [-0.39, 0.29) is 0 Å². The van der Waals surface area contributed by atoms with E-state index in [0.717, 1.165) is 27.8 Å². The van der Waals surface area contributed by atoms with Gasteiger partial charge in [0.25, 0.3) is 0 Å². The second-order valence-corrected chi connectivity index (χ2v) is 7.63. The number of carbonyl (C=O) groups is 1. The van der Waals surface area contributed by atoms with E-state index in [1.807, 2.05) is 46.7 Å². The van der Waals surface area contributed by atoms with Crippen LogP contribution in [0, 0.1) is 0 Å². The fourth-order valence-electron chi connectivity index (χ4n) is 3.19. The smallest absolute Gasteiger partial charge is 0.329 e. The van der Waals surface area contributed by atoms with Crippen molar-refractivity contribution >= 4 is 29.1 Å². The second kappa shape index (κ2) is 8.54. The van der Waals surface area contributed by atoms with Crippen molar-refractivity contribution in [3.8, 4) is 22.6 Å². The van der Waals surface area contributed by atoms with E-state index in [4.69, 9.17) is 0 Å². The van der Waals surface area contributed by atoms with Crippen LogP contribution in [0.5, 0.6) is 0 Å². The first-order chi connectivity index (χ1) is 15.2. The van der Waals surface area contributed by atoms with Gasteiger partial charge in [0.1, 0.15) is 12.2 Å². The Balaban J connectivity index is 1.58. The SMILES string of the molecule is CSc1nnc(-c2ccn3c(-c4cccc(NC(=O)NCC(F)(F)F)c4)cnc3c2)n1C. The number of benzene rings is 1. The lowest BCUT2D eigenvalue weighted by Gasteiger charge is -2.11. The molecule has 0 spiro atoms. The van der Waals surface area contributed by atoms with E-state index in [9.17, 15) is 18.0 Å². The maximum absolute atomic E-state index is 12.3. The van der Waals surface area contributed by atoms with Crippen LogP contribution in [0.15, 0.2) is 53.9 Å². The third-order valence-corrected chi connectivity index (χ3v) is 5.38. The molecule has 0 radical (unpaired) electrons. The van der Waals surface area contributed by atoms with Gasteiger partial charge in [0.15, 0.2) is 11.0 Å². The van der Waals surface area contributed by atoms with E-state index < -0.39 is 18.8 Å². The zero-order valence-electron chi connectivity index (χ0n) is 17.0. The lowest BCUT2D eigenvalue weighted by molar-refractivity contribution is -0.122. The Morgan fingerprint density at radius 3 is 2.69 bits per heavy atom. The summed E-state index contributed by atoms with van der Waals surface area (Å²) < 4.78 is 40.6. The van der Waals surface area contributed by atoms with Gasteiger partial charge in [0.05, 0.1) is 11.9 Å². The van der Waals surface area contributed by atoms with Crippen molar-refractivity contribution < 1.29 is 18.0 Å². The van der Waals surface area contributed by atoms with Gasteiger partial charge in [-0.3, -0.25) is 4.40 Å². The highest BCUT2D eigenvalue weighted by Gasteiger charge is 2.27. The van der Waals surface area contributed by atoms with Crippen molar-refractivity contribution in [3.05, 3.63) is 48.8 Å². The van der Waals surface area contributed by atoms with Crippen molar-refractivity contribution in [2.24, 2.45) is 7.05 Å². The molecule has 0 saturated heterocycles. The van der Waals surface area contributed by atoms with Gasteiger partial charge in [0.2, 0.25) is 0 Å².